The van der Waals surface area contributed by atoms with Crippen molar-refractivity contribution in [3.8, 4) is 5.75 Å². The van der Waals surface area contributed by atoms with Crippen LogP contribution in [0.5, 0.6) is 5.75 Å². The fourth-order valence-electron chi connectivity index (χ4n) is 2.21. The van der Waals surface area contributed by atoms with Crippen LogP contribution in [0.1, 0.15) is 18.1 Å². The van der Waals surface area contributed by atoms with Crippen LogP contribution >= 0.6 is 12.2 Å². The molecular weight excluding hydrogens is 341 g/mol. The maximum Gasteiger partial charge on any atom is 0.279 e. The van der Waals surface area contributed by atoms with E-state index in [4.69, 9.17) is 17.0 Å². The molecule has 25 heavy (non-hydrogen) atoms. The Labute approximate surface area is 151 Å². The van der Waals surface area contributed by atoms with Crippen LogP contribution in [0.25, 0.3) is 0 Å². The number of anilines is 1. The highest BCUT2D eigenvalue weighted by Gasteiger charge is 2.16. The number of aryl methyl sites for hydroxylation is 2. The molecule has 7 heteroatoms. The van der Waals surface area contributed by atoms with E-state index in [0.717, 1.165) is 16.8 Å². The number of carbonyl (C=O) groups is 1. The van der Waals surface area contributed by atoms with Crippen molar-refractivity contribution in [3.63, 3.8) is 0 Å². The zero-order chi connectivity index (χ0) is 18.4. The molecule has 0 saturated heterocycles. The normalized spacial score (nSPS) is 11.4. The molecule has 0 bridgehead atoms. The molecule has 0 aliphatic carbocycles. The number of hydrazine groups is 1. The predicted octanol–water partition coefficient (Wildman–Crippen LogP) is 3.23. The Morgan fingerprint density at radius 2 is 1.76 bits per heavy atom. The van der Waals surface area contributed by atoms with Crippen molar-refractivity contribution in [3.05, 3.63) is 59.4 Å². The number of para-hydroxylation sites is 1. The maximum absolute atomic E-state index is 13.5. The molecule has 1 amide bonds. The summed E-state index contributed by atoms with van der Waals surface area (Å²) in [6, 6.07) is 11.8. The van der Waals surface area contributed by atoms with Crippen molar-refractivity contribution in [1.29, 1.82) is 0 Å². The van der Waals surface area contributed by atoms with Crippen molar-refractivity contribution in [2.24, 2.45) is 0 Å². The Bertz CT molecular complexity index is 762. The predicted molar refractivity (Wildman–Crippen MR) is 99.9 cm³/mol. The number of nitrogens with one attached hydrogen (secondary N) is 3. The quantitative estimate of drug-likeness (QED) is 0.576. The summed E-state index contributed by atoms with van der Waals surface area (Å²) >= 11 is 5.14. The molecule has 0 aliphatic rings. The lowest BCUT2D eigenvalue weighted by atomic mass is 10.1. The lowest BCUT2D eigenvalue weighted by Gasteiger charge is -2.17. The monoisotopic (exact) mass is 361 g/mol. The van der Waals surface area contributed by atoms with Crippen LogP contribution in [0.15, 0.2) is 42.5 Å². The smallest absolute Gasteiger partial charge is 0.279 e. The van der Waals surface area contributed by atoms with Crippen LogP contribution in [-0.2, 0) is 4.79 Å². The van der Waals surface area contributed by atoms with E-state index in [-0.39, 0.29) is 10.9 Å². The van der Waals surface area contributed by atoms with Crippen LogP contribution < -0.4 is 20.9 Å². The van der Waals surface area contributed by atoms with Gasteiger partial charge in [-0.05, 0) is 68.4 Å². The largest absolute Gasteiger partial charge is 0.478 e. The van der Waals surface area contributed by atoms with E-state index in [9.17, 15) is 9.18 Å². The van der Waals surface area contributed by atoms with Crippen molar-refractivity contribution in [2.45, 2.75) is 26.9 Å². The first-order valence-electron chi connectivity index (χ1n) is 7.71. The van der Waals surface area contributed by atoms with Crippen molar-refractivity contribution in [2.75, 3.05) is 5.32 Å². The Morgan fingerprint density at radius 1 is 1.12 bits per heavy atom. The molecule has 1 atom stereocenters. The van der Waals surface area contributed by atoms with Gasteiger partial charge in [0.25, 0.3) is 5.91 Å². The van der Waals surface area contributed by atoms with E-state index in [1.807, 2.05) is 32.0 Å². The molecule has 0 unspecified atom stereocenters. The standard InChI is InChI=1S/C18H20FN3O2S/c1-11-8-12(2)10-14(9-11)20-18(25)22-21-17(23)13(3)24-16-7-5-4-6-15(16)19/h4-10,13H,1-3H3,(H,21,23)(H2,20,22,25)/t13-/m0/s1. The lowest BCUT2D eigenvalue weighted by Crippen LogP contribution is -2.48. The minimum absolute atomic E-state index is 0.0149. The first-order valence-corrected chi connectivity index (χ1v) is 8.12. The van der Waals surface area contributed by atoms with Gasteiger partial charge in [-0.2, -0.15) is 0 Å². The molecule has 132 valence electrons. The summed E-state index contributed by atoms with van der Waals surface area (Å²) in [5.74, 6) is -0.990. The van der Waals surface area contributed by atoms with E-state index in [2.05, 4.69) is 16.2 Å². The van der Waals surface area contributed by atoms with Gasteiger partial charge in [-0.3, -0.25) is 15.6 Å². The maximum atomic E-state index is 13.5. The van der Waals surface area contributed by atoms with Crippen LogP contribution in [0.2, 0.25) is 0 Å². The molecule has 0 saturated carbocycles. The van der Waals surface area contributed by atoms with Gasteiger partial charge in [0.1, 0.15) is 0 Å². The topological polar surface area (TPSA) is 62.4 Å². The van der Waals surface area contributed by atoms with Gasteiger partial charge in [0, 0.05) is 5.69 Å². The van der Waals surface area contributed by atoms with Crippen molar-refractivity contribution >= 4 is 28.9 Å². The number of hydrogen-bond donors (Lipinski definition) is 3. The van der Waals surface area contributed by atoms with E-state index in [0.29, 0.717) is 0 Å². The number of carbonyl (C=O) groups excluding carboxylic acids is 1. The summed E-state index contributed by atoms with van der Waals surface area (Å²) in [5, 5.41) is 3.21. The SMILES string of the molecule is Cc1cc(C)cc(NC(=S)NNC(=O)[C@H](C)Oc2ccccc2F)c1. The highest BCUT2D eigenvalue weighted by atomic mass is 32.1. The zero-order valence-electron chi connectivity index (χ0n) is 14.2. The van der Waals surface area contributed by atoms with E-state index < -0.39 is 17.8 Å². The fourth-order valence-corrected chi connectivity index (χ4v) is 2.38. The fraction of sp³-hybridized carbons (Fsp3) is 0.222. The van der Waals surface area contributed by atoms with Crippen LogP contribution in [0.4, 0.5) is 10.1 Å². The van der Waals surface area contributed by atoms with E-state index in [1.165, 1.54) is 19.1 Å². The van der Waals surface area contributed by atoms with Crippen molar-refractivity contribution < 1.29 is 13.9 Å². The number of halogens is 1. The Morgan fingerprint density at radius 3 is 2.40 bits per heavy atom. The van der Waals surface area contributed by atoms with Crippen LogP contribution in [-0.4, -0.2) is 17.1 Å². The molecule has 0 fully saturated rings. The molecule has 0 heterocycles. The number of thiocarbonyl (C=S) groups is 1. The van der Waals surface area contributed by atoms with Gasteiger partial charge in [0.15, 0.2) is 22.8 Å². The Hall–Kier alpha value is -2.67. The average Bonchev–Trinajstić information content (AvgIpc) is 2.53. The molecular formula is C18H20FN3O2S. The van der Waals surface area contributed by atoms with Crippen molar-refractivity contribution in [1.82, 2.24) is 10.9 Å². The second-order valence-corrected chi connectivity index (χ2v) is 6.04. The zero-order valence-corrected chi connectivity index (χ0v) is 15.0. The highest BCUT2D eigenvalue weighted by molar-refractivity contribution is 7.80. The third-order valence-corrected chi connectivity index (χ3v) is 3.49. The Balaban J connectivity index is 1.84. The molecule has 0 spiro atoms. The molecule has 2 aromatic carbocycles. The summed E-state index contributed by atoms with van der Waals surface area (Å²) in [5.41, 5.74) is 8.05. The third kappa shape index (κ3) is 5.72. The summed E-state index contributed by atoms with van der Waals surface area (Å²) in [6.07, 6.45) is -0.895. The van der Waals surface area contributed by atoms with Crippen LogP contribution in [0.3, 0.4) is 0 Å². The number of rotatable bonds is 4. The van der Waals surface area contributed by atoms with Gasteiger partial charge < -0.3 is 10.1 Å². The Kier molecular flexibility index (Phi) is 6.30. The second-order valence-electron chi connectivity index (χ2n) is 5.64. The molecule has 3 N–H and O–H groups in total. The molecule has 2 rings (SSSR count). The number of benzene rings is 2. The molecule has 0 aliphatic heterocycles. The molecule has 2 aromatic rings. The number of amides is 1. The first kappa shape index (κ1) is 18.7. The van der Waals surface area contributed by atoms with Gasteiger partial charge in [0.05, 0.1) is 0 Å². The van der Waals surface area contributed by atoms with Crippen LogP contribution in [0, 0.1) is 19.7 Å². The van der Waals surface area contributed by atoms with E-state index >= 15 is 0 Å². The average molecular weight is 361 g/mol. The molecule has 0 radical (unpaired) electrons. The van der Waals surface area contributed by atoms with Gasteiger partial charge in [0.2, 0.25) is 0 Å². The summed E-state index contributed by atoms with van der Waals surface area (Å²) in [4.78, 5) is 12.0. The lowest BCUT2D eigenvalue weighted by molar-refractivity contribution is -0.127. The summed E-state index contributed by atoms with van der Waals surface area (Å²) < 4.78 is 18.8. The third-order valence-electron chi connectivity index (χ3n) is 3.29. The molecule has 0 aromatic heterocycles. The van der Waals surface area contributed by atoms with Gasteiger partial charge in [-0.25, -0.2) is 4.39 Å². The van der Waals surface area contributed by atoms with Gasteiger partial charge in [-0.15, -0.1) is 0 Å². The summed E-state index contributed by atoms with van der Waals surface area (Å²) in [7, 11) is 0. The van der Waals surface area contributed by atoms with E-state index in [1.54, 1.807) is 12.1 Å². The minimum atomic E-state index is -0.895. The number of hydrogen-bond acceptors (Lipinski definition) is 3. The molecule has 5 nitrogen and oxygen atoms in total. The number of ether oxygens (including phenoxy) is 1. The second kappa shape index (κ2) is 8.43. The van der Waals surface area contributed by atoms with Gasteiger partial charge in [-0.1, -0.05) is 18.2 Å². The highest BCUT2D eigenvalue weighted by Crippen LogP contribution is 2.17. The first-order chi connectivity index (χ1) is 11.8. The minimum Gasteiger partial charge on any atom is -0.478 e. The summed E-state index contributed by atoms with van der Waals surface area (Å²) in [6.45, 7) is 5.49. The van der Waals surface area contributed by atoms with Gasteiger partial charge >= 0.3 is 0 Å².